The molecule has 1 atom stereocenters. The molecular formula is C13H25NO2. The average Bonchev–Trinajstić information content (AvgIpc) is 2.30. The van der Waals surface area contributed by atoms with Crippen molar-refractivity contribution in [2.24, 2.45) is 5.41 Å². The Morgan fingerprint density at radius 3 is 2.50 bits per heavy atom. The molecule has 0 aromatic heterocycles. The van der Waals surface area contributed by atoms with E-state index in [0.717, 1.165) is 26.0 Å². The van der Waals surface area contributed by atoms with Crippen LogP contribution in [0.5, 0.6) is 0 Å². The first-order valence-electron chi connectivity index (χ1n) is 6.29. The van der Waals surface area contributed by atoms with Crippen LogP contribution < -0.4 is 0 Å². The lowest BCUT2D eigenvalue weighted by atomic mass is 9.75. The van der Waals surface area contributed by atoms with Crippen molar-refractivity contribution in [3.8, 4) is 0 Å². The van der Waals surface area contributed by atoms with Crippen molar-refractivity contribution in [1.82, 2.24) is 4.90 Å². The van der Waals surface area contributed by atoms with Gasteiger partial charge in [0.1, 0.15) is 6.29 Å². The van der Waals surface area contributed by atoms with E-state index in [1.807, 2.05) is 0 Å². The summed E-state index contributed by atoms with van der Waals surface area (Å²) in [5.41, 5.74) is -0.0883. The number of rotatable bonds is 6. The van der Waals surface area contributed by atoms with E-state index < -0.39 is 0 Å². The summed E-state index contributed by atoms with van der Waals surface area (Å²) in [6, 6.07) is 0.378. The Kier molecular flexibility index (Phi) is 5.42. The first-order valence-corrected chi connectivity index (χ1v) is 6.29. The largest absolute Gasteiger partial charge is 0.383 e. The predicted octanol–water partition coefficient (Wildman–Crippen LogP) is 2.10. The van der Waals surface area contributed by atoms with Gasteiger partial charge in [0.15, 0.2) is 0 Å². The van der Waals surface area contributed by atoms with Crippen LogP contribution in [-0.4, -0.2) is 44.5 Å². The summed E-state index contributed by atoms with van der Waals surface area (Å²) in [4.78, 5) is 13.6. The zero-order valence-corrected chi connectivity index (χ0v) is 10.9. The van der Waals surface area contributed by atoms with Crippen LogP contribution in [0.2, 0.25) is 0 Å². The van der Waals surface area contributed by atoms with E-state index in [9.17, 15) is 4.79 Å². The van der Waals surface area contributed by atoms with Gasteiger partial charge in [-0.1, -0.05) is 19.3 Å². The van der Waals surface area contributed by atoms with Crippen LogP contribution in [0, 0.1) is 5.41 Å². The number of carbonyl (C=O) groups is 1. The molecule has 1 rings (SSSR count). The topological polar surface area (TPSA) is 29.5 Å². The number of ether oxygens (including phenoxy) is 1. The molecule has 0 N–H and O–H groups in total. The summed E-state index contributed by atoms with van der Waals surface area (Å²) < 4.78 is 5.15. The van der Waals surface area contributed by atoms with Crippen molar-refractivity contribution in [2.75, 3.05) is 27.3 Å². The molecule has 0 aromatic carbocycles. The fraction of sp³-hybridized carbons (Fsp3) is 0.923. The fourth-order valence-electron chi connectivity index (χ4n) is 2.59. The van der Waals surface area contributed by atoms with E-state index in [1.54, 1.807) is 7.11 Å². The maximum Gasteiger partial charge on any atom is 0.127 e. The Bertz CT molecular complexity index is 212. The molecule has 1 aliphatic carbocycles. The zero-order valence-electron chi connectivity index (χ0n) is 10.9. The molecule has 0 heterocycles. The molecule has 0 aliphatic heterocycles. The van der Waals surface area contributed by atoms with Crippen molar-refractivity contribution in [3.63, 3.8) is 0 Å². The molecule has 3 nitrogen and oxygen atoms in total. The molecule has 1 aliphatic rings. The molecule has 94 valence electrons. The number of hydrogen-bond acceptors (Lipinski definition) is 3. The van der Waals surface area contributed by atoms with E-state index in [2.05, 4.69) is 18.9 Å². The van der Waals surface area contributed by atoms with Crippen LogP contribution in [0.1, 0.15) is 39.0 Å². The molecule has 1 fully saturated rings. The normalized spacial score (nSPS) is 22.0. The maximum atomic E-state index is 11.3. The van der Waals surface area contributed by atoms with Crippen LogP contribution >= 0.6 is 0 Å². The lowest BCUT2D eigenvalue weighted by molar-refractivity contribution is -0.119. The molecule has 0 radical (unpaired) electrons. The number of nitrogens with zero attached hydrogens (tertiary/aromatic N) is 1. The monoisotopic (exact) mass is 227 g/mol. The molecule has 3 heteroatoms. The summed E-state index contributed by atoms with van der Waals surface area (Å²) >= 11 is 0. The molecule has 1 saturated carbocycles. The van der Waals surface area contributed by atoms with Crippen LogP contribution in [0.25, 0.3) is 0 Å². The molecule has 1 unspecified atom stereocenters. The second-order valence-electron chi connectivity index (χ2n) is 5.26. The molecule has 0 spiro atoms. The third-order valence-corrected chi connectivity index (χ3v) is 3.82. The molecule has 0 saturated heterocycles. The van der Waals surface area contributed by atoms with Gasteiger partial charge in [0.05, 0.1) is 6.61 Å². The van der Waals surface area contributed by atoms with Gasteiger partial charge in [-0.25, -0.2) is 0 Å². The highest BCUT2D eigenvalue weighted by Gasteiger charge is 2.33. The number of likely N-dealkylation sites (N-methyl/N-ethyl adjacent to an activating group) is 1. The maximum absolute atomic E-state index is 11.3. The highest BCUT2D eigenvalue weighted by molar-refractivity contribution is 5.60. The van der Waals surface area contributed by atoms with E-state index in [-0.39, 0.29) is 5.41 Å². The van der Waals surface area contributed by atoms with Gasteiger partial charge in [0.25, 0.3) is 0 Å². The van der Waals surface area contributed by atoms with E-state index >= 15 is 0 Å². The number of carbonyl (C=O) groups excluding carboxylic acids is 1. The molecule has 0 bridgehead atoms. The van der Waals surface area contributed by atoms with Gasteiger partial charge >= 0.3 is 0 Å². The number of methoxy groups -OCH3 is 1. The second kappa shape index (κ2) is 6.36. The van der Waals surface area contributed by atoms with Crippen molar-refractivity contribution < 1.29 is 9.53 Å². The molecule has 0 aromatic rings. The summed E-state index contributed by atoms with van der Waals surface area (Å²) in [6.07, 6.45) is 6.99. The van der Waals surface area contributed by atoms with Gasteiger partial charge in [-0.15, -0.1) is 0 Å². The van der Waals surface area contributed by atoms with Crippen LogP contribution in [-0.2, 0) is 9.53 Å². The highest BCUT2D eigenvalue weighted by Crippen LogP contribution is 2.35. The van der Waals surface area contributed by atoms with Crippen molar-refractivity contribution >= 4 is 6.29 Å². The third-order valence-electron chi connectivity index (χ3n) is 3.82. The summed E-state index contributed by atoms with van der Waals surface area (Å²) in [5.74, 6) is 0. The van der Waals surface area contributed by atoms with Crippen molar-refractivity contribution in [2.45, 2.75) is 45.1 Å². The minimum atomic E-state index is -0.0883. The van der Waals surface area contributed by atoms with Crippen molar-refractivity contribution in [1.29, 1.82) is 0 Å². The highest BCUT2D eigenvalue weighted by atomic mass is 16.5. The molecule has 16 heavy (non-hydrogen) atoms. The number of aldehydes is 1. The summed E-state index contributed by atoms with van der Waals surface area (Å²) in [7, 11) is 3.81. The lowest BCUT2D eigenvalue weighted by Gasteiger charge is -2.37. The average molecular weight is 227 g/mol. The van der Waals surface area contributed by atoms with Gasteiger partial charge in [-0.2, -0.15) is 0 Å². The quantitative estimate of drug-likeness (QED) is 0.651. The third kappa shape index (κ3) is 3.56. The standard InChI is InChI=1S/C13H25NO2/c1-12(9-16-3)14(2)10-13(11-15)7-5-4-6-8-13/h11-12H,4-10H2,1-3H3. The fourth-order valence-corrected chi connectivity index (χ4v) is 2.59. The Balaban J connectivity index is 2.51. The second-order valence-corrected chi connectivity index (χ2v) is 5.26. The lowest BCUT2D eigenvalue weighted by Crippen LogP contribution is -2.43. The first-order chi connectivity index (χ1) is 7.63. The Labute approximate surface area is 99.1 Å². The van der Waals surface area contributed by atoms with Gasteiger partial charge in [0.2, 0.25) is 0 Å². The first kappa shape index (κ1) is 13.7. The Hall–Kier alpha value is -0.410. The summed E-state index contributed by atoms with van der Waals surface area (Å²) in [6.45, 7) is 3.75. The van der Waals surface area contributed by atoms with Crippen LogP contribution in [0.3, 0.4) is 0 Å². The predicted molar refractivity (Wildman–Crippen MR) is 65.6 cm³/mol. The van der Waals surface area contributed by atoms with Crippen LogP contribution in [0.15, 0.2) is 0 Å². The minimum Gasteiger partial charge on any atom is -0.383 e. The molecule has 0 amide bonds. The van der Waals surface area contributed by atoms with Gasteiger partial charge in [-0.3, -0.25) is 0 Å². The van der Waals surface area contributed by atoms with Gasteiger partial charge in [-0.05, 0) is 26.8 Å². The van der Waals surface area contributed by atoms with E-state index in [1.165, 1.54) is 25.5 Å². The van der Waals surface area contributed by atoms with Crippen LogP contribution in [0.4, 0.5) is 0 Å². The van der Waals surface area contributed by atoms with E-state index in [4.69, 9.17) is 4.74 Å². The smallest absolute Gasteiger partial charge is 0.127 e. The number of hydrogen-bond donors (Lipinski definition) is 0. The van der Waals surface area contributed by atoms with Gasteiger partial charge in [0, 0.05) is 25.1 Å². The summed E-state index contributed by atoms with van der Waals surface area (Å²) in [5, 5.41) is 0. The Morgan fingerprint density at radius 2 is 2.00 bits per heavy atom. The van der Waals surface area contributed by atoms with Crippen molar-refractivity contribution in [3.05, 3.63) is 0 Å². The zero-order chi connectivity index (χ0) is 12.0. The van der Waals surface area contributed by atoms with Gasteiger partial charge < -0.3 is 14.4 Å². The SMILES string of the molecule is COCC(C)N(C)CC1(C=O)CCCCC1. The minimum absolute atomic E-state index is 0.0883. The van der Waals surface area contributed by atoms with E-state index in [0.29, 0.717) is 6.04 Å². The molecular weight excluding hydrogens is 202 g/mol. The Morgan fingerprint density at radius 1 is 1.38 bits per heavy atom.